The van der Waals surface area contributed by atoms with Crippen molar-refractivity contribution in [2.45, 2.75) is 6.54 Å². The van der Waals surface area contributed by atoms with E-state index in [1.54, 1.807) is 0 Å². The van der Waals surface area contributed by atoms with Gasteiger partial charge in [-0.25, -0.2) is 0 Å². The largest absolute Gasteiger partial charge is 0.308 e. The summed E-state index contributed by atoms with van der Waals surface area (Å²) in [6, 6.07) is 7.39. The number of aromatic nitrogens is 3. The summed E-state index contributed by atoms with van der Waals surface area (Å²) in [4.78, 5) is 23.6. The Kier molecular flexibility index (Phi) is 3.10. The molecular weight excluding hydrogens is 284 g/mol. The van der Waals surface area contributed by atoms with Crippen LogP contribution in [0.3, 0.4) is 0 Å². The second-order valence-corrected chi connectivity index (χ2v) is 5.54. The van der Waals surface area contributed by atoms with Crippen LogP contribution in [0.4, 0.5) is 5.13 Å². The zero-order valence-corrected chi connectivity index (χ0v) is 11.2. The van der Waals surface area contributed by atoms with Crippen molar-refractivity contribution in [1.29, 1.82) is 0 Å². The van der Waals surface area contributed by atoms with Gasteiger partial charge in [0, 0.05) is 0 Å². The summed E-state index contributed by atoms with van der Waals surface area (Å²) in [6.07, 6.45) is 0. The first-order chi connectivity index (χ1) is 9.24. The minimum absolute atomic E-state index is 0.0254. The van der Waals surface area contributed by atoms with Crippen LogP contribution in [0.25, 0.3) is 10.2 Å². The van der Waals surface area contributed by atoms with Gasteiger partial charge in [-0.15, -0.1) is 10.2 Å². The molecule has 96 valence electrons. The summed E-state index contributed by atoms with van der Waals surface area (Å²) in [5.74, 6) is -0.289. The second kappa shape index (κ2) is 4.90. The third-order valence-corrected chi connectivity index (χ3v) is 4.05. The molecular formula is C11H8N4O2S2. The number of amides is 1. The maximum absolute atomic E-state index is 11.9. The van der Waals surface area contributed by atoms with Gasteiger partial charge in [-0.3, -0.25) is 19.5 Å². The van der Waals surface area contributed by atoms with Gasteiger partial charge in [-0.1, -0.05) is 34.8 Å². The summed E-state index contributed by atoms with van der Waals surface area (Å²) in [5, 5.41) is 10.4. The van der Waals surface area contributed by atoms with Crippen molar-refractivity contribution in [3.05, 3.63) is 39.4 Å². The average molecular weight is 292 g/mol. The van der Waals surface area contributed by atoms with Crippen molar-refractivity contribution in [1.82, 2.24) is 14.8 Å². The van der Waals surface area contributed by atoms with Crippen molar-refractivity contribution >= 4 is 43.9 Å². The number of benzene rings is 1. The SMILES string of the molecule is O=C(Cn1c(=O)sc2ccccc21)Nc1nncs1. The number of thiazole rings is 1. The first-order valence-corrected chi connectivity index (χ1v) is 7.08. The highest BCUT2D eigenvalue weighted by Gasteiger charge is 2.11. The molecule has 1 N–H and O–H groups in total. The summed E-state index contributed by atoms with van der Waals surface area (Å²) in [7, 11) is 0. The molecule has 3 rings (SSSR count). The molecule has 2 aromatic heterocycles. The maximum Gasteiger partial charge on any atom is 0.308 e. The Hall–Kier alpha value is -2.06. The molecule has 0 saturated carbocycles. The minimum Gasteiger partial charge on any atom is -0.299 e. The zero-order chi connectivity index (χ0) is 13.2. The van der Waals surface area contributed by atoms with E-state index in [0.717, 1.165) is 21.6 Å². The number of rotatable bonds is 3. The molecule has 0 fully saturated rings. The van der Waals surface area contributed by atoms with Crippen LogP contribution in [-0.4, -0.2) is 20.7 Å². The minimum atomic E-state index is -0.289. The molecule has 0 aliphatic rings. The molecule has 0 spiro atoms. The molecule has 1 aromatic carbocycles. The van der Waals surface area contributed by atoms with Gasteiger partial charge in [0.25, 0.3) is 0 Å². The van der Waals surface area contributed by atoms with E-state index in [4.69, 9.17) is 0 Å². The van der Waals surface area contributed by atoms with Crippen molar-refractivity contribution in [3.8, 4) is 0 Å². The van der Waals surface area contributed by atoms with Gasteiger partial charge in [0.15, 0.2) is 0 Å². The second-order valence-electron chi connectivity index (χ2n) is 3.71. The lowest BCUT2D eigenvalue weighted by molar-refractivity contribution is -0.116. The smallest absolute Gasteiger partial charge is 0.299 e. The van der Waals surface area contributed by atoms with Gasteiger partial charge in [-0.05, 0) is 12.1 Å². The number of fused-ring (bicyclic) bond motifs is 1. The van der Waals surface area contributed by atoms with E-state index in [-0.39, 0.29) is 17.3 Å². The number of hydrogen-bond donors (Lipinski definition) is 1. The summed E-state index contributed by atoms with van der Waals surface area (Å²) < 4.78 is 2.33. The monoisotopic (exact) mass is 292 g/mol. The highest BCUT2D eigenvalue weighted by Crippen LogP contribution is 2.16. The Morgan fingerprint density at radius 3 is 3.00 bits per heavy atom. The topological polar surface area (TPSA) is 76.9 Å². The third-order valence-electron chi connectivity index (χ3n) is 2.48. The standard InChI is InChI=1S/C11H8N4O2S2/c16-9(13-10-14-12-6-18-10)5-15-7-3-1-2-4-8(7)19-11(15)17/h1-4,6H,5H2,(H,13,14,16). The van der Waals surface area contributed by atoms with Crippen LogP contribution in [0.1, 0.15) is 0 Å². The molecule has 19 heavy (non-hydrogen) atoms. The molecule has 0 radical (unpaired) electrons. The highest BCUT2D eigenvalue weighted by atomic mass is 32.1. The fourth-order valence-electron chi connectivity index (χ4n) is 1.69. The predicted molar refractivity (Wildman–Crippen MR) is 74.6 cm³/mol. The number of carbonyl (C=O) groups is 1. The third kappa shape index (κ3) is 2.40. The number of nitrogens with one attached hydrogen (secondary N) is 1. The first-order valence-electron chi connectivity index (χ1n) is 5.38. The zero-order valence-electron chi connectivity index (χ0n) is 9.57. The Bertz CT molecular complexity index is 775. The van der Waals surface area contributed by atoms with Crippen LogP contribution in [0.2, 0.25) is 0 Å². The summed E-state index contributed by atoms with van der Waals surface area (Å²) in [5.41, 5.74) is 2.30. The molecule has 6 nitrogen and oxygen atoms in total. The predicted octanol–water partition coefficient (Wildman–Crippen LogP) is 1.55. The molecule has 0 unspecified atom stereocenters. The van der Waals surface area contributed by atoms with Gasteiger partial charge >= 0.3 is 4.87 Å². The van der Waals surface area contributed by atoms with Gasteiger partial charge in [0.05, 0.1) is 10.2 Å². The molecule has 3 aromatic rings. The van der Waals surface area contributed by atoms with Crippen LogP contribution < -0.4 is 10.2 Å². The van der Waals surface area contributed by atoms with E-state index in [2.05, 4.69) is 15.5 Å². The molecule has 0 saturated heterocycles. The summed E-state index contributed by atoms with van der Waals surface area (Å²) in [6.45, 7) is -0.0254. The molecule has 1 amide bonds. The van der Waals surface area contributed by atoms with Gasteiger partial charge in [-0.2, -0.15) is 0 Å². The molecule has 0 aliphatic heterocycles. The number of anilines is 1. The molecule has 0 aliphatic carbocycles. The normalized spacial score (nSPS) is 10.7. The van der Waals surface area contributed by atoms with Crippen LogP contribution in [0.15, 0.2) is 34.6 Å². The van der Waals surface area contributed by atoms with Crippen LogP contribution >= 0.6 is 22.7 Å². The molecule has 8 heteroatoms. The van der Waals surface area contributed by atoms with E-state index in [1.165, 1.54) is 21.4 Å². The van der Waals surface area contributed by atoms with Crippen LogP contribution in [-0.2, 0) is 11.3 Å². The fraction of sp³-hybridized carbons (Fsp3) is 0.0909. The number of carbonyl (C=O) groups excluding carboxylic acids is 1. The lowest BCUT2D eigenvalue weighted by Gasteiger charge is -2.03. The van der Waals surface area contributed by atoms with E-state index < -0.39 is 0 Å². The van der Waals surface area contributed by atoms with E-state index in [1.807, 2.05) is 24.3 Å². The first kappa shape index (κ1) is 12.0. The fourth-order valence-corrected chi connectivity index (χ4v) is 3.05. The molecule has 2 heterocycles. The van der Waals surface area contributed by atoms with Crippen molar-refractivity contribution in [3.63, 3.8) is 0 Å². The van der Waals surface area contributed by atoms with Gasteiger partial charge in [0.1, 0.15) is 12.1 Å². The lowest BCUT2D eigenvalue weighted by Crippen LogP contribution is -2.24. The van der Waals surface area contributed by atoms with Crippen LogP contribution in [0, 0.1) is 0 Å². The number of para-hydroxylation sites is 1. The quantitative estimate of drug-likeness (QED) is 0.794. The maximum atomic E-state index is 11.9. The van der Waals surface area contributed by atoms with E-state index in [0.29, 0.717) is 5.13 Å². The van der Waals surface area contributed by atoms with Crippen LogP contribution in [0.5, 0.6) is 0 Å². The van der Waals surface area contributed by atoms with E-state index >= 15 is 0 Å². The Labute approximate surface area is 115 Å². The van der Waals surface area contributed by atoms with Crippen molar-refractivity contribution in [2.24, 2.45) is 0 Å². The van der Waals surface area contributed by atoms with E-state index in [9.17, 15) is 9.59 Å². The molecule has 0 bridgehead atoms. The van der Waals surface area contributed by atoms with Gasteiger partial charge < -0.3 is 0 Å². The van der Waals surface area contributed by atoms with Crippen molar-refractivity contribution < 1.29 is 4.79 Å². The highest BCUT2D eigenvalue weighted by molar-refractivity contribution is 7.16. The van der Waals surface area contributed by atoms with Crippen molar-refractivity contribution in [2.75, 3.05) is 5.32 Å². The lowest BCUT2D eigenvalue weighted by atomic mass is 10.3. The summed E-state index contributed by atoms with van der Waals surface area (Å²) >= 11 is 2.36. The Morgan fingerprint density at radius 1 is 1.37 bits per heavy atom. The number of nitrogens with zero attached hydrogens (tertiary/aromatic N) is 3. The Balaban J connectivity index is 1.87. The average Bonchev–Trinajstić information content (AvgIpc) is 2.99. The molecule has 0 atom stereocenters. The number of hydrogen-bond acceptors (Lipinski definition) is 6. The Morgan fingerprint density at radius 2 is 2.21 bits per heavy atom. The van der Waals surface area contributed by atoms with Gasteiger partial charge in [0.2, 0.25) is 11.0 Å².